The lowest BCUT2D eigenvalue weighted by Crippen LogP contribution is -2.54. The van der Waals surface area contributed by atoms with E-state index in [4.69, 9.17) is 12.2 Å². The number of piperidine rings is 1. The van der Waals surface area contributed by atoms with Gasteiger partial charge in [-0.2, -0.15) is 0 Å². The average molecular weight is 234 g/mol. The van der Waals surface area contributed by atoms with Crippen LogP contribution in [0.25, 0.3) is 0 Å². The van der Waals surface area contributed by atoms with Crippen LogP contribution in [0.1, 0.15) is 44.9 Å². The molecule has 2 aliphatic rings. The molecule has 17 heavy (non-hydrogen) atoms. The minimum Gasteiger partial charge on any atom is -0.338 e. The smallest absolute Gasteiger partial charge is 0.240 e. The van der Waals surface area contributed by atoms with Crippen LogP contribution in [0, 0.1) is 18.3 Å². The van der Waals surface area contributed by atoms with Gasteiger partial charge in [-0.05, 0) is 31.6 Å². The van der Waals surface area contributed by atoms with E-state index in [0.717, 1.165) is 19.4 Å². The van der Waals surface area contributed by atoms with Crippen molar-refractivity contribution in [3.8, 4) is 12.3 Å². The minimum atomic E-state index is -0.499. The highest BCUT2D eigenvalue weighted by Gasteiger charge is 2.36. The van der Waals surface area contributed by atoms with Gasteiger partial charge >= 0.3 is 0 Å². The van der Waals surface area contributed by atoms with E-state index in [1.54, 1.807) is 0 Å². The third-order valence-corrected chi connectivity index (χ3v) is 4.18. The van der Waals surface area contributed by atoms with Gasteiger partial charge in [0.15, 0.2) is 0 Å². The molecule has 3 heteroatoms. The molecular weight excluding hydrogens is 212 g/mol. The Balaban J connectivity index is 2.03. The maximum atomic E-state index is 12.2. The third kappa shape index (κ3) is 2.63. The van der Waals surface area contributed by atoms with E-state index < -0.39 is 6.04 Å². The fourth-order valence-corrected chi connectivity index (χ4v) is 3.33. The molecule has 2 rings (SSSR count). The van der Waals surface area contributed by atoms with Gasteiger partial charge in [0.2, 0.25) is 5.91 Å². The SMILES string of the molecule is C#CCC(N)C(=O)N1CCCC2CCCCC21. The van der Waals surface area contributed by atoms with Crippen LogP contribution < -0.4 is 5.73 Å². The monoisotopic (exact) mass is 234 g/mol. The Hall–Kier alpha value is -1.01. The number of nitrogens with zero attached hydrogens (tertiary/aromatic N) is 1. The van der Waals surface area contributed by atoms with Gasteiger partial charge in [-0.3, -0.25) is 4.79 Å². The standard InChI is InChI=1S/C14H22N2O/c1-2-6-12(15)14(17)16-10-5-8-11-7-3-4-9-13(11)16/h1,11-13H,3-10,15H2. The van der Waals surface area contributed by atoms with Gasteiger partial charge in [-0.15, -0.1) is 12.3 Å². The summed E-state index contributed by atoms with van der Waals surface area (Å²) in [4.78, 5) is 14.3. The van der Waals surface area contributed by atoms with Crippen molar-refractivity contribution in [2.75, 3.05) is 6.54 Å². The first-order valence-corrected chi connectivity index (χ1v) is 6.73. The molecule has 2 N–H and O–H groups in total. The van der Waals surface area contributed by atoms with Gasteiger partial charge in [-0.25, -0.2) is 0 Å². The van der Waals surface area contributed by atoms with Crippen molar-refractivity contribution < 1.29 is 4.79 Å². The van der Waals surface area contributed by atoms with Crippen LogP contribution in [0.2, 0.25) is 0 Å². The molecule has 3 nitrogen and oxygen atoms in total. The molecule has 1 aliphatic carbocycles. The fraction of sp³-hybridized carbons (Fsp3) is 0.786. The number of likely N-dealkylation sites (tertiary alicyclic amines) is 1. The summed E-state index contributed by atoms with van der Waals surface area (Å²) < 4.78 is 0. The number of rotatable bonds is 2. The topological polar surface area (TPSA) is 46.3 Å². The number of fused-ring (bicyclic) bond motifs is 1. The number of nitrogens with two attached hydrogens (primary N) is 1. The molecule has 0 spiro atoms. The zero-order valence-electron chi connectivity index (χ0n) is 10.4. The summed E-state index contributed by atoms with van der Waals surface area (Å²) in [6.45, 7) is 0.873. The van der Waals surface area contributed by atoms with E-state index in [2.05, 4.69) is 5.92 Å². The predicted octanol–water partition coefficient (Wildman–Crippen LogP) is 1.52. The van der Waals surface area contributed by atoms with E-state index in [0.29, 0.717) is 18.4 Å². The first-order valence-electron chi connectivity index (χ1n) is 6.73. The van der Waals surface area contributed by atoms with Gasteiger partial charge in [0.05, 0.1) is 6.04 Å². The molecule has 1 aliphatic heterocycles. The Morgan fingerprint density at radius 2 is 2.06 bits per heavy atom. The molecule has 1 saturated heterocycles. The van der Waals surface area contributed by atoms with Crippen molar-refractivity contribution in [2.24, 2.45) is 11.7 Å². The van der Waals surface area contributed by atoms with E-state index in [1.807, 2.05) is 4.90 Å². The van der Waals surface area contributed by atoms with Crippen LogP contribution in [0.5, 0.6) is 0 Å². The first-order chi connectivity index (χ1) is 8.24. The van der Waals surface area contributed by atoms with Crippen molar-refractivity contribution in [1.82, 2.24) is 4.90 Å². The highest BCUT2D eigenvalue weighted by Crippen LogP contribution is 2.35. The molecule has 2 fully saturated rings. The molecule has 0 aromatic carbocycles. The summed E-state index contributed by atoms with van der Waals surface area (Å²) in [5, 5.41) is 0. The van der Waals surface area contributed by atoms with E-state index >= 15 is 0 Å². The molecule has 1 saturated carbocycles. The summed E-state index contributed by atoms with van der Waals surface area (Å²) in [6.07, 6.45) is 13.0. The highest BCUT2D eigenvalue weighted by atomic mass is 16.2. The Labute approximate surface area is 104 Å². The Bertz CT molecular complexity index is 319. The fourth-order valence-electron chi connectivity index (χ4n) is 3.33. The zero-order chi connectivity index (χ0) is 12.3. The minimum absolute atomic E-state index is 0.0690. The largest absolute Gasteiger partial charge is 0.338 e. The molecule has 1 heterocycles. The number of terminal acetylenes is 1. The van der Waals surface area contributed by atoms with Crippen LogP contribution in [0.15, 0.2) is 0 Å². The molecule has 0 radical (unpaired) electrons. The molecular formula is C14H22N2O. The first kappa shape index (κ1) is 12.4. The lowest BCUT2D eigenvalue weighted by molar-refractivity contribution is -0.138. The zero-order valence-corrected chi connectivity index (χ0v) is 10.4. The van der Waals surface area contributed by atoms with E-state index in [1.165, 1.54) is 25.7 Å². The Morgan fingerprint density at radius 3 is 2.82 bits per heavy atom. The molecule has 0 aromatic heterocycles. The summed E-state index contributed by atoms with van der Waals surface area (Å²) in [5.74, 6) is 3.26. The molecule has 94 valence electrons. The van der Waals surface area contributed by atoms with Crippen LogP contribution in [0.4, 0.5) is 0 Å². The molecule has 1 amide bonds. The number of hydrogen-bond acceptors (Lipinski definition) is 2. The lowest BCUT2D eigenvalue weighted by Gasteiger charge is -2.44. The van der Waals surface area contributed by atoms with Gasteiger partial charge < -0.3 is 10.6 Å². The number of amides is 1. The molecule has 3 atom stereocenters. The second kappa shape index (κ2) is 5.55. The summed E-state index contributed by atoms with van der Waals surface area (Å²) >= 11 is 0. The predicted molar refractivity (Wildman–Crippen MR) is 68.1 cm³/mol. The van der Waals surface area contributed by atoms with Gasteiger partial charge in [0.25, 0.3) is 0 Å². The third-order valence-electron chi connectivity index (χ3n) is 4.18. The summed E-state index contributed by atoms with van der Waals surface area (Å²) in [6, 6.07) is -0.0606. The number of carbonyl (C=O) groups excluding carboxylic acids is 1. The van der Waals surface area contributed by atoms with E-state index in [-0.39, 0.29) is 5.91 Å². The van der Waals surface area contributed by atoms with Crippen molar-refractivity contribution in [2.45, 2.75) is 57.0 Å². The molecule has 3 unspecified atom stereocenters. The second-order valence-corrected chi connectivity index (χ2v) is 5.30. The maximum Gasteiger partial charge on any atom is 0.240 e. The normalized spacial score (nSPS) is 30.2. The highest BCUT2D eigenvalue weighted by molar-refractivity contribution is 5.82. The molecule has 0 bridgehead atoms. The summed E-state index contributed by atoms with van der Waals surface area (Å²) in [5.41, 5.74) is 5.85. The Morgan fingerprint density at radius 1 is 1.35 bits per heavy atom. The Kier molecular flexibility index (Phi) is 4.06. The average Bonchev–Trinajstić information content (AvgIpc) is 2.37. The van der Waals surface area contributed by atoms with Crippen molar-refractivity contribution >= 4 is 5.91 Å². The van der Waals surface area contributed by atoms with Gasteiger partial charge in [0.1, 0.15) is 0 Å². The quantitative estimate of drug-likeness (QED) is 0.736. The van der Waals surface area contributed by atoms with Crippen molar-refractivity contribution in [3.05, 3.63) is 0 Å². The lowest BCUT2D eigenvalue weighted by atomic mass is 9.78. The van der Waals surface area contributed by atoms with Crippen molar-refractivity contribution in [3.63, 3.8) is 0 Å². The number of hydrogen-bond donors (Lipinski definition) is 1. The summed E-state index contributed by atoms with van der Waals surface area (Å²) in [7, 11) is 0. The van der Waals surface area contributed by atoms with Crippen LogP contribution in [-0.4, -0.2) is 29.4 Å². The molecule has 0 aromatic rings. The maximum absolute atomic E-state index is 12.2. The van der Waals surface area contributed by atoms with Crippen LogP contribution in [0.3, 0.4) is 0 Å². The number of carbonyl (C=O) groups is 1. The van der Waals surface area contributed by atoms with E-state index in [9.17, 15) is 4.79 Å². The van der Waals surface area contributed by atoms with Crippen molar-refractivity contribution in [1.29, 1.82) is 0 Å². The second-order valence-electron chi connectivity index (χ2n) is 5.30. The van der Waals surface area contributed by atoms with Gasteiger partial charge in [0, 0.05) is 19.0 Å². The van der Waals surface area contributed by atoms with Crippen LogP contribution in [-0.2, 0) is 4.79 Å². The van der Waals surface area contributed by atoms with Crippen LogP contribution >= 0.6 is 0 Å². The van der Waals surface area contributed by atoms with Gasteiger partial charge in [-0.1, -0.05) is 12.8 Å².